The minimum atomic E-state index is -3.60. The number of aryl methyl sites for hydroxylation is 1. The normalized spacial score (nSPS) is 11.4. The minimum absolute atomic E-state index is 0.109. The molecule has 0 fully saturated rings. The molecule has 0 radical (unpaired) electrons. The van der Waals surface area contributed by atoms with E-state index in [0.717, 1.165) is 15.7 Å². The summed E-state index contributed by atoms with van der Waals surface area (Å²) in [5.74, 6) is 0. The van der Waals surface area contributed by atoms with Gasteiger partial charge in [0.1, 0.15) is 4.90 Å². The molecule has 2 aromatic rings. The van der Waals surface area contributed by atoms with Crippen molar-refractivity contribution < 1.29 is 8.42 Å². The lowest BCUT2D eigenvalue weighted by Crippen LogP contribution is -2.20. The first-order chi connectivity index (χ1) is 9.83. The number of benzene rings is 2. The van der Waals surface area contributed by atoms with Crippen molar-refractivity contribution in [2.24, 2.45) is 0 Å². The van der Waals surface area contributed by atoms with Gasteiger partial charge in [-0.1, -0.05) is 6.07 Å². The minimum Gasteiger partial charge on any atom is -0.399 e. The lowest BCUT2D eigenvalue weighted by atomic mass is 10.2. The molecule has 0 heterocycles. The third kappa shape index (κ3) is 3.55. The molecule has 0 saturated heterocycles. The van der Waals surface area contributed by atoms with Crippen molar-refractivity contribution in [1.82, 2.24) is 4.72 Å². The van der Waals surface area contributed by atoms with Crippen molar-refractivity contribution in [3.63, 3.8) is 0 Å². The Labute approximate surface area is 132 Å². The van der Waals surface area contributed by atoms with Gasteiger partial charge < -0.3 is 11.1 Å². The molecule has 0 atom stereocenters. The molecular weight excluding hydrogens is 354 g/mol. The van der Waals surface area contributed by atoms with Gasteiger partial charge in [0.15, 0.2) is 0 Å². The molecule has 0 aromatic heterocycles. The number of rotatable bonds is 4. The lowest BCUT2D eigenvalue weighted by molar-refractivity contribution is 0.588. The smallest absolute Gasteiger partial charge is 0.242 e. The molecule has 0 saturated carbocycles. The van der Waals surface area contributed by atoms with Gasteiger partial charge >= 0.3 is 0 Å². The Morgan fingerprint density at radius 1 is 1.10 bits per heavy atom. The zero-order chi connectivity index (χ0) is 15.6. The summed E-state index contributed by atoms with van der Waals surface area (Å²) in [7, 11) is -2.24. The second-order valence-electron chi connectivity index (χ2n) is 4.57. The van der Waals surface area contributed by atoms with Crippen LogP contribution in [0.25, 0.3) is 0 Å². The van der Waals surface area contributed by atoms with Crippen LogP contribution in [0, 0.1) is 6.92 Å². The molecule has 2 rings (SSSR count). The van der Waals surface area contributed by atoms with Crippen molar-refractivity contribution in [3.8, 4) is 0 Å². The Kier molecular flexibility index (Phi) is 4.55. The van der Waals surface area contributed by atoms with Gasteiger partial charge in [-0.15, -0.1) is 0 Å². The largest absolute Gasteiger partial charge is 0.399 e. The van der Waals surface area contributed by atoms with Crippen LogP contribution in [0.1, 0.15) is 5.56 Å². The summed E-state index contributed by atoms with van der Waals surface area (Å²) in [6.45, 7) is 1.98. The monoisotopic (exact) mass is 369 g/mol. The van der Waals surface area contributed by atoms with Gasteiger partial charge in [-0.25, -0.2) is 13.1 Å². The number of nitrogens with one attached hydrogen (secondary N) is 2. The van der Waals surface area contributed by atoms with E-state index in [0.29, 0.717) is 11.4 Å². The molecule has 112 valence electrons. The zero-order valence-corrected chi connectivity index (χ0v) is 14.0. The van der Waals surface area contributed by atoms with Crippen LogP contribution >= 0.6 is 15.9 Å². The van der Waals surface area contributed by atoms with Crippen LogP contribution in [-0.2, 0) is 10.0 Å². The maximum atomic E-state index is 12.1. The Hall–Kier alpha value is -1.57. The van der Waals surface area contributed by atoms with Crippen LogP contribution in [0.15, 0.2) is 45.8 Å². The first-order valence-electron chi connectivity index (χ1n) is 6.20. The van der Waals surface area contributed by atoms with Crippen molar-refractivity contribution in [2.45, 2.75) is 11.8 Å². The summed E-state index contributed by atoms with van der Waals surface area (Å²) < 4.78 is 27.3. The van der Waals surface area contributed by atoms with Crippen LogP contribution in [0.5, 0.6) is 0 Å². The molecule has 2 aromatic carbocycles. The molecule has 0 aliphatic rings. The Balaban J connectivity index is 2.50. The summed E-state index contributed by atoms with van der Waals surface area (Å²) in [5, 5.41) is 3.11. The standard InChI is InChI=1S/C14H16BrN3O2S/c1-9-3-5-12(11(15)7-9)18-13-6-4-10(16)8-14(13)21(19,20)17-2/h3-8,17-18H,16H2,1-2H3. The van der Waals surface area contributed by atoms with Gasteiger partial charge in [-0.3, -0.25) is 0 Å². The van der Waals surface area contributed by atoms with Gasteiger partial charge in [0.2, 0.25) is 10.0 Å². The average molecular weight is 370 g/mol. The van der Waals surface area contributed by atoms with E-state index in [1.165, 1.54) is 13.1 Å². The SMILES string of the molecule is CNS(=O)(=O)c1cc(N)ccc1Nc1ccc(C)cc1Br. The third-order valence-electron chi connectivity index (χ3n) is 2.96. The molecule has 21 heavy (non-hydrogen) atoms. The number of hydrogen-bond acceptors (Lipinski definition) is 4. The van der Waals surface area contributed by atoms with Crippen LogP contribution in [0.3, 0.4) is 0 Å². The van der Waals surface area contributed by atoms with Gasteiger partial charge in [-0.05, 0) is 65.8 Å². The maximum Gasteiger partial charge on any atom is 0.242 e. The van der Waals surface area contributed by atoms with Crippen molar-refractivity contribution >= 4 is 43.0 Å². The van der Waals surface area contributed by atoms with Gasteiger partial charge in [0.25, 0.3) is 0 Å². The predicted molar refractivity (Wildman–Crippen MR) is 89.3 cm³/mol. The lowest BCUT2D eigenvalue weighted by Gasteiger charge is -2.14. The Morgan fingerprint density at radius 2 is 1.76 bits per heavy atom. The maximum absolute atomic E-state index is 12.1. The highest BCUT2D eigenvalue weighted by Gasteiger charge is 2.17. The first-order valence-corrected chi connectivity index (χ1v) is 8.47. The summed E-state index contributed by atoms with van der Waals surface area (Å²) in [4.78, 5) is 0.109. The molecule has 0 aliphatic carbocycles. The number of nitrogens with two attached hydrogens (primary N) is 1. The molecule has 7 heteroatoms. The van der Waals surface area contributed by atoms with Crippen LogP contribution < -0.4 is 15.8 Å². The molecule has 0 amide bonds. The highest BCUT2D eigenvalue weighted by atomic mass is 79.9. The van der Waals surface area contributed by atoms with Gasteiger partial charge in [0, 0.05) is 10.2 Å². The van der Waals surface area contributed by atoms with Gasteiger partial charge in [0.05, 0.1) is 11.4 Å². The molecule has 5 nitrogen and oxygen atoms in total. The highest BCUT2D eigenvalue weighted by Crippen LogP contribution is 2.31. The molecule has 0 bridgehead atoms. The first kappa shape index (κ1) is 15.8. The molecule has 4 N–H and O–H groups in total. The van der Waals surface area contributed by atoms with Gasteiger partial charge in [-0.2, -0.15) is 0 Å². The van der Waals surface area contributed by atoms with E-state index in [2.05, 4.69) is 26.0 Å². The van der Waals surface area contributed by atoms with E-state index in [4.69, 9.17) is 5.73 Å². The Bertz CT molecular complexity index is 776. The summed E-state index contributed by atoms with van der Waals surface area (Å²) in [5.41, 5.74) is 8.42. The van der Waals surface area contributed by atoms with E-state index >= 15 is 0 Å². The fraction of sp³-hybridized carbons (Fsp3) is 0.143. The van der Waals surface area contributed by atoms with E-state index in [9.17, 15) is 8.42 Å². The molecule has 0 aliphatic heterocycles. The quantitative estimate of drug-likeness (QED) is 0.723. The third-order valence-corrected chi connectivity index (χ3v) is 5.07. The van der Waals surface area contributed by atoms with Crippen LogP contribution in [0.2, 0.25) is 0 Å². The second kappa shape index (κ2) is 6.05. The summed E-state index contributed by atoms with van der Waals surface area (Å²) in [6.07, 6.45) is 0. The van der Waals surface area contributed by atoms with E-state index in [1.54, 1.807) is 12.1 Å². The predicted octanol–water partition coefficient (Wildman–Crippen LogP) is 2.99. The molecule has 0 spiro atoms. The Morgan fingerprint density at radius 3 is 2.38 bits per heavy atom. The van der Waals surface area contributed by atoms with Crippen LogP contribution in [-0.4, -0.2) is 15.5 Å². The summed E-state index contributed by atoms with van der Waals surface area (Å²) >= 11 is 3.46. The van der Waals surface area contributed by atoms with Crippen LogP contribution in [0.4, 0.5) is 17.1 Å². The zero-order valence-electron chi connectivity index (χ0n) is 11.6. The number of anilines is 3. The number of hydrogen-bond donors (Lipinski definition) is 3. The second-order valence-corrected chi connectivity index (χ2v) is 7.28. The van der Waals surface area contributed by atoms with Crippen molar-refractivity contribution in [2.75, 3.05) is 18.1 Å². The van der Waals surface area contributed by atoms with Crippen molar-refractivity contribution in [1.29, 1.82) is 0 Å². The number of halogens is 1. The molecular formula is C14H16BrN3O2S. The fourth-order valence-corrected chi connectivity index (χ4v) is 3.35. The number of nitrogen functional groups attached to an aromatic ring is 1. The summed E-state index contributed by atoms with van der Waals surface area (Å²) in [6, 6.07) is 10.5. The highest BCUT2D eigenvalue weighted by molar-refractivity contribution is 9.10. The van der Waals surface area contributed by atoms with Crippen molar-refractivity contribution in [3.05, 3.63) is 46.4 Å². The van der Waals surface area contributed by atoms with E-state index < -0.39 is 10.0 Å². The average Bonchev–Trinajstić information content (AvgIpc) is 2.43. The fourth-order valence-electron chi connectivity index (χ4n) is 1.84. The topological polar surface area (TPSA) is 84.2 Å². The van der Waals surface area contributed by atoms with E-state index in [1.807, 2.05) is 25.1 Å². The molecule has 0 unspecified atom stereocenters. The number of sulfonamides is 1. The van der Waals surface area contributed by atoms with E-state index in [-0.39, 0.29) is 4.90 Å².